The van der Waals surface area contributed by atoms with E-state index in [-0.39, 0.29) is 12.3 Å². The van der Waals surface area contributed by atoms with Crippen LogP contribution in [-0.4, -0.2) is 19.0 Å². The van der Waals surface area contributed by atoms with E-state index in [1.165, 1.54) is 13.2 Å². The number of urea groups is 1. The second-order valence-corrected chi connectivity index (χ2v) is 6.40. The molecule has 0 aliphatic carbocycles. The maximum Gasteiger partial charge on any atom is 0.326 e. The summed E-state index contributed by atoms with van der Waals surface area (Å²) in [5, 5.41) is 13.7. The van der Waals surface area contributed by atoms with Gasteiger partial charge in [-0.05, 0) is 29.8 Å². The number of nitrogens with zero attached hydrogens (tertiary/aromatic N) is 1. The van der Waals surface area contributed by atoms with Crippen molar-refractivity contribution in [2.45, 2.75) is 6.61 Å². The Morgan fingerprint density at radius 3 is 2.63 bits per heavy atom. The summed E-state index contributed by atoms with van der Waals surface area (Å²) in [5.74, 6) is 0.419. The van der Waals surface area contributed by atoms with E-state index in [1.807, 2.05) is 12.1 Å². The molecule has 3 amide bonds. The van der Waals surface area contributed by atoms with Gasteiger partial charge in [0.05, 0.1) is 18.7 Å². The van der Waals surface area contributed by atoms with E-state index in [1.54, 1.807) is 24.3 Å². The fourth-order valence-corrected chi connectivity index (χ4v) is 2.92. The molecule has 0 radical (unpaired) electrons. The van der Waals surface area contributed by atoms with E-state index in [0.29, 0.717) is 27.1 Å². The van der Waals surface area contributed by atoms with Crippen molar-refractivity contribution in [2.24, 2.45) is 0 Å². The van der Waals surface area contributed by atoms with Crippen LogP contribution in [0.15, 0.2) is 46.6 Å². The molecule has 2 aromatic rings. The molecule has 1 saturated heterocycles. The van der Waals surface area contributed by atoms with Crippen molar-refractivity contribution >= 4 is 33.9 Å². The number of imide groups is 1. The summed E-state index contributed by atoms with van der Waals surface area (Å²) in [5.41, 5.74) is 2.07. The highest BCUT2D eigenvalue weighted by molar-refractivity contribution is 9.10. The monoisotopic (exact) mass is 427 g/mol. The minimum atomic E-state index is -0.564. The first kappa shape index (κ1) is 18.5. The quantitative estimate of drug-likeness (QED) is 0.563. The SMILES string of the molecule is COc1cc(C=C2NC(=O)NC2=O)c(Br)cc1OCc1ccccc1C#N. The van der Waals surface area contributed by atoms with Crippen LogP contribution in [0.25, 0.3) is 6.08 Å². The fourth-order valence-electron chi connectivity index (χ4n) is 2.48. The van der Waals surface area contributed by atoms with Crippen molar-refractivity contribution in [3.8, 4) is 17.6 Å². The molecule has 3 rings (SSSR count). The molecule has 2 aromatic carbocycles. The molecule has 136 valence electrons. The number of rotatable bonds is 5. The number of benzene rings is 2. The maximum atomic E-state index is 11.7. The highest BCUT2D eigenvalue weighted by Crippen LogP contribution is 2.35. The van der Waals surface area contributed by atoms with Crippen LogP contribution in [0.2, 0.25) is 0 Å². The lowest BCUT2D eigenvalue weighted by molar-refractivity contribution is -0.115. The third-order valence-corrected chi connectivity index (χ3v) is 4.51. The summed E-state index contributed by atoms with van der Waals surface area (Å²) in [6.07, 6.45) is 1.53. The van der Waals surface area contributed by atoms with E-state index < -0.39 is 11.9 Å². The number of ether oxygens (including phenoxy) is 2. The average Bonchev–Trinajstić information content (AvgIpc) is 2.98. The van der Waals surface area contributed by atoms with Gasteiger partial charge in [0.25, 0.3) is 5.91 Å². The van der Waals surface area contributed by atoms with Gasteiger partial charge in [-0.3, -0.25) is 10.1 Å². The van der Waals surface area contributed by atoms with Crippen LogP contribution in [-0.2, 0) is 11.4 Å². The molecule has 7 nitrogen and oxygen atoms in total. The van der Waals surface area contributed by atoms with Gasteiger partial charge in [0, 0.05) is 10.0 Å². The lowest BCUT2D eigenvalue weighted by atomic mass is 10.1. The molecule has 2 N–H and O–H groups in total. The highest BCUT2D eigenvalue weighted by Gasteiger charge is 2.23. The van der Waals surface area contributed by atoms with Gasteiger partial charge in [0.15, 0.2) is 11.5 Å². The largest absolute Gasteiger partial charge is 0.493 e. The smallest absolute Gasteiger partial charge is 0.326 e. The zero-order valence-electron chi connectivity index (χ0n) is 14.2. The van der Waals surface area contributed by atoms with Crippen LogP contribution >= 0.6 is 15.9 Å². The molecule has 1 fully saturated rings. The summed E-state index contributed by atoms with van der Waals surface area (Å²) >= 11 is 3.43. The first-order valence-corrected chi connectivity index (χ1v) is 8.63. The first-order valence-electron chi connectivity index (χ1n) is 7.84. The van der Waals surface area contributed by atoms with Crippen LogP contribution in [0, 0.1) is 11.3 Å². The van der Waals surface area contributed by atoms with E-state index in [4.69, 9.17) is 14.7 Å². The number of methoxy groups -OCH3 is 1. The third kappa shape index (κ3) is 4.10. The molecule has 1 aliphatic rings. The number of carbonyl (C=O) groups is 2. The second kappa shape index (κ2) is 7.93. The van der Waals surface area contributed by atoms with Crippen molar-refractivity contribution in [1.29, 1.82) is 5.26 Å². The number of nitrogens with one attached hydrogen (secondary N) is 2. The van der Waals surface area contributed by atoms with E-state index >= 15 is 0 Å². The Morgan fingerprint density at radius 2 is 1.96 bits per heavy atom. The van der Waals surface area contributed by atoms with Gasteiger partial charge in [-0.15, -0.1) is 0 Å². The van der Waals surface area contributed by atoms with Crippen LogP contribution in [0.4, 0.5) is 4.79 Å². The van der Waals surface area contributed by atoms with Crippen LogP contribution in [0.3, 0.4) is 0 Å². The number of carbonyl (C=O) groups excluding carboxylic acids is 2. The van der Waals surface area contributed by atoms with Gasteiger partial charge in [-0.1, -0.05) is 34.1 Å². The molecule has 8 heteroatoms. The van der Waals surface area contributed by atoms with E-state index in [0.717, 1.165) is 5.56 Å². The fraction of sp³-hybridized carbons (Fsp3) is 0.105. The molecule has 0 atom stereocenters. The minimum absolute atomic E-state index is 0.138. The molecular formula is C19H14BrN3O4. The molecule has 27 heavy (non-hydrogen) atoms. The third-order valence-electron chi connectivity index (χ3n) is 3.82. The van der Waals surface area contributed by atoms with Gasteiger partial charge in [-0.25, -0.2) is 4.79 Å². The van der Waals surface area contributed by atoms with Crippen molar-refractivity contribution in [3.63, 3.8) is 0 Å². The zero-order chi connectivity index (χ0) is 19.4. The lowest BCUT2D eigenvalue weighted by Gasteiger charge is -2.13. The molecule has 0 bridgehead atoms. The Labute approximate surface area is 163 Å². The van der Waals surface area contributed by atoms with Crippen molar-refractivity contribution in [3.05, 3.63) is 63.3 Å². The van der Waals surface area contributed by atoms with E-state index in [2.05, 4.69) is 32.6 Å². The van der Waals surface area contributed by atoms with Crippen molar-refractivity contribution < 1.29 is 19.1 Å². The standard InChI is InChI=1S/C19H14BrN3O4/c1-26-16-7-13(6-15-18(24)23-19(25)22-15)14(20)8-17(16)27-10-12-5-3-2-4-11(12)9-21/h2-8H,10H2,1H3,(H2,22,23,24,25). The molecule has 0 spiro atoms. The van der Waals surface area contributed by atoms with Crippen molar-refractivity contribution in [2.75, 3.05) is 7.11 Å². The number of hydrogen-bond acceptors (Lipinski definition) is 5. The molecule has 0 unspecified atom stereocenters. The minimum Gasteiger partial charge on any atom is -0.493 e. The molecular weight excluding hydrogens is 414 g/mol. The summed E-state index contributed by atoms with van der Waals surface area (Å²) in [6.45, 7) is 0.200. The average molecular weight is 428 g/mol. The Balaban J connectivity index is 1.86. The summed E-state index contributed by atoms with van der Waals surface area (Å²) < 4.78 is 11.8. The number of halogens is 1. The Kier molecular flexibility index (Phi) is 5.43. The predicted molar refractivity (Wildman–Crippen MR) is 101 cm³/mol. The van der Waals surface area contributed by atoms with Gasteiger partial charge in [0.1, 0.15) is 12.3 Å². The molecule has 0 saturated carbocycles. The highest BCUT2D eigenvalue weighted by atomic mass is 79.9. The number of hydrogen-bond donors (Lipinski definition) is 2. The summed E-state index contributed by atoms with van der Waals surface area (Å²) in [6, 6.07) is 12.1. The Bertz CT molecular complexity index is 995. The zero-order valence-corrected chi connectivity index (χ0v) is 15.8. The first-order chi connectivity index (χ1) is 13.0. The van der Waals surface area contributed by atoms with Crippen molar-refractivity contribution in [1.82, 2.24) is 10.6 Å². The normalized spacial score (nSPS) is 14.5. The molecule has 0 aromatic heterocycles. The number of amides is 3. The molecule has 1 aliphatic heterocycles. The van der Waals surface area contributed by atoms with Crippen LogP contribution in [0.5, 0.6) is 11.5 Å². The van der Waals surface area contributed by atoms with Gasteiger partial charge in [0.2, 0.25) is 0 Å². The van der Waals surface area contributed by atoms with Gasteiger partial charge < -0.3 is 14.8 Å². The predicted octanol–water partition coefficient (Wildman–Crippen LogP) is 3.09. The van der Waals surface area contributed by atoms with Crippen LogP contribution < -0.4 is 20.1 Å². The maximum absolute atomic E-state index is 11.7. The van der Waals surface area contributed by atoms with Crippen LogP contribution in [0.1, 0.15) is 16.7 Å². The second-order valence-electron chi connectivity index (χ2n) is 5.55. The topological polar surface area (TPSA) is 100 Å². The lowest BCUT2D eigenvalue weighted by Crippen LogP contribution is -2.22. The summed E-state index contributed by atoms with van der Waals surface area (Å²) in [4.78, 5) is 22.9. The Morgan fingerprint density at radius 1 is 1.19 bits per heavy atom. The number of nitriles is 1. The Hall–Kier alpha value is -3.31. The summed E-state index contributed by atoms with van der Waals surface area (Å²) in [7, 11) is 1.50. The molecule has 1 heterocycles. The van der Waals surface area contributed by atoms with Gasteiger partial charge >= 0.3 is 6.03 Å². The van der Waals surface area contributed by atoms with E-state index in [9.17, 15) is 9.59 Å². The van der Waals surface area contributed by atoms with Gasteiger partial charge in [-0.2, -0.15) is 5.26 Å².